The molecule has 3 heterocycles. The van der Waals surface area contributed by atoms with Gasteiger partial charge in [-0.25, -0.2) is 4.39 Å². The molecule has 1 saturated carbocycles. The minimum Gasteiger partial charge on any atom is -0.288 e. The molecular formula is C20H15FN4. The molecule has 0 saturated heterocycles. The van der Waals surface area contributed by atoms with Crippen molar-refractivity contribution in [1.82, 2.24) is 19.6 Å². The number of rotatable bonds is 3. The zero-order valence-electron chi connectivity index (χ0n) is 13.4. The molecule has 0 N–H and O–H groups in total. The summed E-state index contributed by atoms with van der Waals surface area (Å²) in [5, 5.41) is 7.96. The summed E-state index contributed by atoms with van der Waals surface area (Å²) in [6, 6.07) is 13.2. The van der Waals surface area contributed by atoms with Crippen LogP contribution in [0.15, 0.2) is 61.2 Å². The number of hydrogen-bond acceptors (Lipinski definition) is 3. The summed E-state index contributed by atoms with van der Waals surface area (Å²) in [7, 11) is 0. The Morgan fingerprint density at radius 2 is 1.92 bits per heavy atom. The molecule has 0 unspecified atom stereocenters. The van der Waals surface area contributed by atoms with Crippen LogP contribution in [-0.4, -0.2) is 19.6 Å². The first kappa shape index (κ1) is 14.3. The van der Waals surface area contributed by atoms with Gasteiger partial charge in [-0.1, -0.05) is 6.07 Å². The van der Waals surface area contributed by atoms with Crippen LogP contribution >= 0.6 is 0 Å². The van der Waals surface area contributed by atoms with Gasteiger partial charge in [-0.3, -0.25) is 9.38 Å². The standard InChI is InChI=1S/C20H15FN4/c21-18-7-5-14(10-17(18)13-3-4-13)20-16(2-1-9-22-20)15-6-8-19-24-23-12-25(19)11-15/h1-2,5-13H,3-4H2. The first-order valence-corrected chi connectivity index (χ1v) is 8.34. The lowest BCUT2D eigenvalue weighted by Gasteiger charge is -2.11. The summed E-state index contributed by atoms with van der Waals surface area (Å²) in [6.45, 7) is 0. The van der Waals surface area contributed by atoms with Crippen molar-refractivity contribution in [3.05, 3.63) is 72.6 Å². The van der Waals surface area contributed by atoms with Gasteiger partial charge in [0.05, 0.1) is 5.69 Å². The number of fused-ring (bicyclic) bond motifs is 1. The largest absolute Gasteiger partial charge is 0.288 e. The van der Waals surface area contributed by atoms with E-state index < -0.39 is 0 Å². The lowest BCUT2D eigenvalue weighted by atomic mass is 9.98. The Morgan fingerprint density at radius 1 is 1.04 bits per heavy atom. The number of pyridine rings is 2. The van der Waals surface area contributed by atoms with E-state index in [1.54, 1.807) is 18.6 Å². The average molecular weight is 330 g/mol. The van der Waals surface area contributed by atoms with Crippen molar-refractivity contribution in [3.8, 4) is 22.4 Å². The second kappa shape index (κ2) is 5.48. The fourth-order valence-electron chi connectivity index (χ4n) is 3.25. The van der Waals surface area contributed by atoms with Crippen LogP contribution in [0.5, 0.6) is 0 Å². The monoisotopic (exact) mass is 330 g/mol. The molecule has 4 aromatic rings. The highest BCUT2D eigenvalue weighted by molar-refractivity contribution is 5.81. The molecule has 0 atom stereocenters. The highest BCUT2D eigenvalue weighted by Crippen LogP contribution is 2.43. The van der Waals surface area contributed by atoms with Crippen LogP contribution in [0.4, 0.5) is 4.39 Å². The molecule has 1 aromatic carbocycles. The quantitative estimate of drug-likeness (QED) is 0.556. The van der Waals surface area contributed by atoms with Gasteiger partial charge in [0, 0.05) is 29.1 Å². The van der Waals surface area contributed by atoms with Crippen molar-refractivity contribution >= 4 is 5.65 Å². The minimum atomic E-state index is -0.116. The summed E-state index contributed by atoms with van der Waals surface area (Å²) >= 11 is 0. The Morgan fingerprint density at radius 3 is 2.80 bits per heavy atom. The number of hydrogen-bond donors (Lipinski definition) is 0. The van der Waals surface area contributed by atoms with Gasteiger partial charge < -0.3 is 0 Å². The molecule has 0 bridgehead atoms. The molecule has 0 amide bonds. The zero-order valence-corrected chi connectivity index (χ0v) is 13.4. The van der Waals surface area contributed by atoms with E-state index in [4.69, 9.17) is 0 Å². The maximum absolute atomic E-state index is 14.1. The first-order chi connectivity index (χ1) is 12.3. The summed E-state index contributed by atoms with van der Waals surface area (Å²) in [5.41, 5.74) is 5.44. The number of aromatic nitrogens is 4. The summed E-state index contributed by atoms with van der Waals surface area (Å²) in [4.78, 5) is 4.58. The van der Waals surface area contributed by atoms with Gasteiger partial charge in [0.25, 0.3) is 0 Å². The number of halogens is 1. The molecule has 1 aliphatic rings. The van der Waals surface area contributed by atoms with Gasteiger partial charge in [0.2, 0.25) is 0 Å². The number of benzene rings is 1. The topological polar surface area (TPSA) is 43.1 Å². The molecule has 25 heavy (non-hydrogen) atoms. The lowest BCUT2D eigenvalue weighted by molar-refractivity contribution is 0.611. The Hall–Kier alpha value is -3.08. The van der Waals surface area contributed by atoms with Crippen molar-refractivity contribution in [2.75, 3.05) is 0 Å². The third-order valence-corrected chi connectivity index (χ3v) is 4.70. The van der Waals surface area contributed by atoms with Gasteiger partial charge in [-0.2, -0.15) is 0 Å². The Kier molecular flexibility index (Phi) is 3.13. The maximum Gasteiger partial charge on any atom is 0.160 e. The molecule has 0 radical (unpaired) electrons. The fourth-order valence-corrected chi connectivity index (χ4v) is 3.25. The van der Waals surface area contributed by atoms with Crippen LogP contribution in [0, 0.1) is 5.82 Å². The second-order valence-electron chi connectivity index (χ2n) is 6.42. The maximum atomic E-state index is 14.1. The van der Waals surface area contributed by atoms with E-state index in [9.17, 15) is 4.39 Å². The molecule has 122 valence electrons. The van der Waals surface area contributed by atoms with Crippen LogP contribution in [0.25, 0.3) is 28.0 Å². The first-order valence-electron chi connectivity index (χ1n) is 8.34. The molecule has 5 rings (SSSR count). The van der Waals surface area contributed by atoms with Crippen molar-refractivity contribution in [3.63, 3.8) is 0 Å². The van der Waals surface area contributed by atoms with Crippen molar-refractivity contribution < 1.29 is 4.39 Å². The predicted octanol–water partition coefficient (Wildman–Crippen LogP) is 4.47. The van der Waals surface area contributed by atoms with Crippen molar-refractivity contribution in [2.24, 2.45) is 0 Å². The van der Waals surface area contributed by atoms with Crippen LogP contribution in [0.3, 0.4) is 0 Å². The van der Waals surface area contributed by atoms with E-state index in [1.807, 2.05) is 47.0 Å². The molecule has 0 aliphatic heterocycles. The van der Waals surface area contributed by atoms with Gasteiger partial charge in [0.15, 0.2) is 5.65 Å². The Balaban J connectivity index is 1.66. The molecular weight excluding hydrogens is 315 g/mol. The average Bonchev–Trinajstić information content (AvgIpc) is 3.39. The normalized spacial score (nSPS) is 14.1. The van der Waals surface area contributed by atoms with Crippen LogP contribution < -0.4 is 0 Å². The molecule has 1 aliphatic carbocycles. The lowest BCUT2D eigenvalue weighted by Crippen LogP contribution is -1.94. The summed E-state index contributed by atoms with van der Waals surface area (Å²) in [5.74, 6) is 0.245. The van der Waals surface area contributed by atoms with Crippen molar-refractivity contribution in [2.45, 2.75) is 18.8 Å². The van der Waals surface area contributed by atoms with E-state index in [0.717, 1.165) is 46.4 Å². The smallest absolute Gasteiger partial charge is 0.160 e. The van der Waals surface area contributed by atoms with Crippen LogP contribution in [-0.2, 0) is 0 Å². The van der Waals surface area contributed by atoms with Gasteiger partial charge >= 0.3 is 0 Å². The SMILES string of the molecule is Fc1ccc(-c2ncccc2-c2ccc3nncn3c2)cc1C1CC1. The zero-order chi connectivity index (χ0) is 16.8. The van der Waals surface area contributed by atoms with Gasteiger partial charge in [-0.05, 0) is 60.7 Å². The minimum absolute atomic E-state index is 0.116. The Bertz CT molecular complexity index is 1080. The van der Waals surface area contributed by atoms with E-state index in [0.29, 0.717) is 5.92 Å². The molecule has 1 fully saturated rings. The third kappa shape index (κ3) is 2.48. The van der Waals surface area contributed by atoms with Gasteiger partial charge in [0.1, 0.15) is 12.1 Å². The van der Waals surface area contributed by atoms with E-state index in [2.05, 4.69) is 15.2 Å². The van der Waals surface area contributed by atoms with E-state index >= 15 is 0 Å². The van der Waals surface area contributed by atoms with Gasteiger partial charge in [-0.15, -0.1) is 10.2 Å². The Labute approximate surface area is 144 Å². The fraction of sp³-hybridized carbons (Fsp3) is 0.150. The van der Waals surface area contributed by atoms with Crippen LogP contribution in [0.2, 0.25) is 0 Å². The molecule has 4 nitrogen and oxygen atoms in total. The second-order valence-corrected chi connectivity index (χ2v) is 6.42. The number of nitrogens with zero attached hydrogens (tertiary/aromatic N) is 4. The molecule has 5 heteroatoms. The molecule has 0 spiro atoms. The highest BCUT2D eigenvalue weighted by Gasteiger charge is 2.27. The molecule has 3 aromatic heterocycles. The summed E-state index contributed by atoms with van der Waals surface area (Å²) < 4.78 is 16.0. The summed E-state index contributed by atoms with van der Waals surface area (Å²) in [6.07, 6.45) is 7.58. The predicted molar refractivity (Wildman–Crippen MR) is 93.6 cm³/mol. The van der Waals surface area contributed by atoms with Crippen molar-refractivity contribution in [1.29, 1.82) is 0 Å². The van der Waals surface area contributed by atoms with E-state index in [1.165, 1.54) is 0 Å². The van der Waals surface area contributed by atoms with E-state index in [-0.39, 0.29) is 5.82 Å². The highest BCUT2D eigenvalue weighted by atomic mass is 19.1. The van der Waals surface area contributed by atoms with Crippen LogP contribution in [0.1, 0.15) is 24.3 Å². The third-order valence-electron chi connectivity index (χ3n) is 4.70.